The lowest BCUT2D eigenvalue weighted by Crippen LogP contribution is -2.35. The Morgan fingerprint density at radius 3 is 2.89 bits per heavy atom. The third-order valence-electron chi connectivity index (χ3n) is 2.93. The monoisotopic (exact) mass is 291 g/mol. The van der Waals surface area contributed by atoms with E-state index in [1.54, 1.807) is 24.3 Å². The van der Waals surface area contributed by atoms with Crippen molar-refractivity contribution in [2.75, 3.05) is 20.3 Å². The molecule has 1 aromatic rings. The van der Waals surface area contributed by atoms with Gasteiger partial charge >= 0.3 is 0 Å². The maximum absolute atomic E-state index is 12.2. The van der Waals surface area contributed by atoms with Gasteiger partial charge in [0.25, 0.3) is 0 Å². The first-order valence-electron chi connectivity index (χ1n) is 5.72. The standard InChI is InChI=1S/C12H15Cl2NO3/c1-17-6-4-15(8-9-3-2-5-18-9)11(16)10-7-12(10,13)14/h2-3,5,10H,4,6-8H2,1H3. The van der Waals surface area contributed by atoms with Gasteiger partial charge in [-0.15, -0.1) is 23.2 Å². The van der Waals surface area contributed by atoms with E-state index in [2.05, 4.69) is 0 Å². The van der Waals surface area contributed by atoms with Crippen molar-refractivity contribution in [3.05, 3.63) is 24.2 Å². The molecular formula is C12H15Cl2NO3. The molecule has 100 valence electrons. The van der Waals surface area contributed by atoms with Crippen LogP contribution in [0.5, 0.6) is 0 Å². The zero-order valence-electron chi connectivity index (χ0n) is 10.1. The molecule has 1 aromatic heterocycles. The highest BCUT2D eigenvalue weighted by Gasteiger charge is 2.57. The highest BCUT2D eigenvalue weighted by atomic mass is 35.5. The van der Waals surface area contributed by atoms with E-state index in [1.807, 2.05) is 6.07 Å². The third-order valence-corrected chi connectivity index (χ3v) is 3.76. The molecule has 1 saturated carbocycles. The van der Waals surface area contributed by atoms with E-state index in [0.29, 0.717) is 26.1 Å². The number of rotatable bonds is 6. The predicted molar refractivity (Wildman–Crippen MR) is 68.5 cm³/mol. The molecule has 1 aliphatic rings. The summed E-state index contributed by atoms with van der Waals surface area (Å²) in [5.41, 5.74) is 0. The van der Waals surface area contributed by atoms with Crippen molar-refractivity contribution in [2.24, 2.45) is 5.92 Å². The second-order valence-electron chi connectivity index (χ2n) is 4.35. The summed E-state index contributed by atoms with van der Waals surface area (Å²) in [6.45, 7) is 1.38. The molecule has 0 N–H and O–H groups in total. The summed E-state index contributed by atoms with van der Waals surface area (Å²) in [6, 6.07) is 3.62. The summed E-state index contributed by atoms with van der Waals surface area (Å²) in [4.78, 5) is 13.9. The Balaban J connectivity index is 1.98. The van der Waals surface area contributed by atoms with Crippen molar-refractivity contribution in [3.8, 4) is 0 Å². The molecule has 0 aliphatic heterocycles. The van der Waals surface area contributed by atoms with Crippen LogP contribution in [0.4, 0.5) is 0 Å². The number of hydrogen-bond donors (Lipinski definition) is 0. The smallest absolute Gasteiger partial charge is 0.229 e. The van der Waals surface area contributed by atoms with E-state index in [4.69, 9.17) is 32.4 Å². The van der Waals surface area contributed by atoms with Gasteiger partial charge in [0, 0.05) is 13.7 Å². The molecule has 4 nitrogen and oxygen atoms in total. The highest BCUT2D eigenvalue weighted by Crippen LogP contribution is 2.53. The summed E-state index contributed by atoms with van der Waals surface area (Å²) in [5, 5.41) is 0. The molecule has 1 unspecified atom stereocenters. The van der Waals surface area contributed by atoms with Gasteiger partial charge in [0.2, 0.25) is 5.91 Å². The van der Waals surface area contributed by atoms with Crippen LogP contribution in [0.2, 0.25) is 0 Å². The summed E-state index contributed by atoms with van der Waals surface area (Å²) in [5.74, 6) is 0.371. The largest absolute Gasteiger partial charge is 0.467 e. The van der Waals surface area contributed by atoms with E-state index in [9.17, 15) is 4.79 Å². The van der Waals surface area contributed by atoms with Crippen LogP contribution in [-0.2, 0) is 16.1 Å². The lowest BCUT2D eigenvalue weighted by Gasteiger charge is -2.21. The first-order chi connectivity index (χ1) is 8.54. The van der Waals surface area contributed by atoms with Crippen LogP contribution in [0.15, 0.2) is 22.8 Å². The molecule has 1 fully saturated rings. The molecule has 2 rings (SSSR count). The van der Waals surface area contributed by atoms with Crippen molar-refractivity contribution < 1.29 is 13.9 Å². The van der Waals surface area contributed by atoms with Gasteiger partial charge in [-0.3, -0.25) is 4.79 Å². The number of alkyl halides is 2. The van der Waals surface area contributed by atoms with Crippen LogP contribution in [0.25, 0.3) is 0 Å². The van der Waals surface area contributed by atoms with Crippen LogP contribution < -0.4 is 0 Å². The molecule has 0 bridgehead atoms. The number of carbonyl (C=O) groups is 1. The lowest BCUT2D eigenvalue weighted by molar-refractivity contribution is -0.134. The number of furan rings is 1. The topological polar surface area (TPSA) is 42.7 Å². The van der Waals surface area contributed by atoms with Crippen LogP contribution in [-0.4, -0.2) is 35.4 Å². The predicted octanol–water partition coefficient (Wildman–Crippen LogP) is 2.45. The Morgan fingerprint density at radius 2 is 2.39 bits per heavy atom. The average molecular weight is 292 g/mol. The molecule has 1 heterocycles. The molecule has 0 radical (unpaired) electrons. The first-order valence-corrected chi connectivity index (χ1v) is 6.48. The highest BCUT2D eigenvalue weighted by molar-refractivity contribution is 6.52. The first kappa shape index (κ1) is 13.7. The Bertz CT molecular complexity index is 405. The number of hydrogen-bond acceptors (Lipinski definition) is 3. The SMILES string of the molecule is COCCN(Cc1ccco1)C(=O)C1CC1(Cl)Cl. The van der Waals surface area contributed by atoms with E-state index in [-0.39, 0.29) is 11.8 Å². The minimum Gasteiger partial charge on any atom is -0.467 e. The third kappa shape index (κ3) is 3.19. The second kappa shape index (κ2) is 5.51. The summed E-state index contributed by atoms with van der Waals surface area (Å²) in [6.07, 6.45) is 2.09. The van der Waals surface area contributed by atoms with Gasteiger partial charge in [0.15, 0.2) is 0 Å². The zero-order valence-corrected chi connectivity index (χ0v) is 11.6. The normalized spacial score (nSPS) is 20.7. The Morgan fingerprint density at radius 1 is 1.67 bits per heavy atom. The van der Waals surface area contributed by atoms with E-state index in [0.717, 1.165) is 5.76 Å². The maximum atomic E-state index is 12.2. The van der Waals surface area contributed by atoms with E-state index >= 15 is 0 Å². The molecule has 0 spiro atoms. The number of halogens is 2. The van der Waals surface area contributed by atoms with Crippen LogP contribution in [0.1, 0.15) is 12.2 Å². The van der Waals surface area contributed by atoms with Crippen molar-refractivity contribution in [1.29, 1.82) is 0 Å². The van der Waals surface area contributed by atoms with Gasteiger partial charge < -0.3 is 14.1 Å². The van der Waals surface area contributed by atoms with Crippen molar-refractivity contribution in [2.45, 2.75) is 17.3 Å². The van der Waals surface area contributed by atoms with Gasteiger partial charge in [-0.2, -0.15) is 0 Å². The Hall–Kier alpha value is -0.710. The quantitative estimate of drug-likeness (QED) is 0.756. The fourth-order valence-corrected chi connectivity index (χ4v) is 2.26. The van der Waals surface area contributed by atoms with Crippen molar-refractivity contribution in [1.82, 2.24) is 4.90 Å². The van der Waals surface area contributed by atoms with E-state index in [1.165, 1.54) is 0 Å². The minimum atomic E-state index is -0.897. The van der Waals surface area contributed by atoms with Gasteiger partial charge in [-0.05, 0) is 18.6 Å². The average Bonchev–Trinajstić information content (AvgIpc) is 2.77. The molecule has 1 aliphatic carbocycles. The van der Waals surface area contributed by atoms with Crippen LogP contribution in [0.3, 0.4) is 0 Å². The van der Waals surface area contributed by atoms with Gasteiger partial charge in [-0.1, -0.05) is 0 Å². The summed E-state index contributed by atoms with van der Waals surface area (Å²) < 4.78 is 9.35. The van der Waals surface area contributed by atoms with Crippen molar-refractivity contribution >= 4 is 29.1 Å². The molecule has 0 aromatic carbocycles. The fraction of sp³-hybridized carbons (Fsp3) is 0.583. The zero-order chi connectivity index (χ0) is 13.2. The Kier molecular flexibility index (Phi) is 4.20. The Labute approximate surface area is 116 Å². The molecule has 18 heavy (non-hydrogen) atoms. The number of carbonyl (C=O) groups excluding carboxylic acids is 1. The minimum absolute atomic E-state index is 0.0477. The van der Waals surface area contributed by atoms with E-state index < -0.39 is 4.33 Å². The van der Waals surface area contributed by atoms with Gasteiger partial charge in [0.1, 0.15) is 10.1 Å². The molecular weight excluding hydrogens is 277 g/mol. The van der Waals surface area contributed by atoms with Crippen LogP contribution in [0, 0.1) is 5.92 Å². The number of nitrogens with zero attached hydrogens (tertiary/aromatic N) is 1. The number of ether oxygens (including phenoxy) is 1. The second-order valence-corrected chi connectivity index (χ2v) is 5.89. The molecule has 1 amide bonds. The fourth-order valence-electron chi connectivity index (χ4n) is 1.76. The van der Waals surface area contributed by atoms with Gasteiger partial charge in [0.05, 0.1) is 25.3 Å². The van der Waals surface area contributed by atoms with Crippen LogP contribution >= 0.6 is 23.2 Å². The van der Waals surface area contributed by atoms with Crippen molar-refractivity contribution in [3.63, 3.8) is 0 Å². The molecule has 1 atom stereocenters. The molecule has 0 saturated heterocycles. The maximum Gasteiger partial charge on any atom is 0.229 e. The number of amides is 1. The number of methoxy groups -OCH3 is 1. The molecule has 6 heteroatoms. The summed E-state index contributed by atoms with van der Waals surface area (Å²) in [7, 11) is 1.60. The lowest BCUT2D eigenvalue weighted by atomic mass is 10.3. The summed E-state index contributed by atoms with van der Waals surface area (Å²) >= 11 is 11.9. The van der Waals surface area contributed by atoms with Gasteiger partial charge in [-0.25, -0.2) is 0 Å².